The van der Waals surface area contributed by atoms with E-state index >= 15 is 0 Å². The first-order valence-corrected chi connectivity index (χ1v) is 5.69. The van der Waals surface area contributed by atoms with Gasteiger partial charge in [-0.25, -0.2) is 0 Å². The number of hydrogen-bond donors (Lipinski definition) is 0. The first-order valence-electron chi connectivity index (χ1n) is 5.69. The van der Waals surface area contributed by atoms with Gasteiger partial charge in [-0.05, 0) is 35.4 Å². The molecule has 0 aliphatic carbocycles. The highest BCUT2D eigenvalue weighted by molar-refractivity contribution is 6.36. The Morgan fingerprint density at radius 2 is 1.47 bits per heavy atom. The first-order chi connectivity index (χ1) is 9.16. The molecular weight excluding hydrogens is 234 g/mol. The molecular formula is C14H10B2N2O. The summed E-state index contributed by atoms with van der Waals surface area (Å²) in [6, 6.07) is 10.8. The normalized spacial score (nSPS) is 10.5. The minimum atomic E-state index is -0.426. The summed E-state index contributed by atoms with van der Waals surface area (Å²) in [6.45, 7) is 0. The predicted octanol–water partition coefficient (Wildman–Crippen LogP) is 1.86. The summed E-state index contributed by atoms with van der Waals surface area (Å²) in [5.74, 6) is -0.426. The summed E-state index contributed by atoms with van der Waals surface area (Å²) < 4.78 is 0.571. The van der Waals surface area contributed by atoms with Crippen LogP contribution in [0.2, 0.25) is 0 Å². The molecule has 19 heavy (non-hydrogen) atoms. The molecule has 2 rings (SSSR count). The quantitative estimate of drug-likeness (QED) is 0.772. The van der Waals surface area contributed by atoms with Crippen LogP contribution in [0, 0.1) is 0 Å². The second kappa shape index (κ2) is 6.05. The molecule has 1 aromatic carbocycles. The molecule has 0 aliphatic rings. The summed E-state index contributed by atoms with van der Waals surface area (Å²) in [4.78, 5) is 15.4. The smallest absolute Gasteiger partial charge is 0.228 e. The van der Waals surface area contributed by atoms with E-state index in [1.54, 1.807) is 24.5 Å². The van der Waals surface area contributed by atoms with Gasteiger partial charge in [0.2, 0.25) is 21.9 Å². The zero-order valence-corrected chi connectivity index (χ0v) is 10.2. The molecule has 1 heterocycles. The number of amides is 1. The van der Waals surface area contributed by atoms with Crippen LogP contribution in [0.5, 0.6) is 0 Å². The Bertz CT molecular complexity index is 580. The van der Waals surface area contributed by atoms with Gasteiger partial charge >= 0.3 is 0 Å². The molecule has 88 valence electrons. The van der Waals surface area contributed by atoms with E-state index < -0.39 is 5.91 Å². The van der Waals surface area contributed by atoms with E-state index in [9.17, 15) is 4.79 Å². The van der Waals surface area contributed by atoms with Crippen LogP contribution in [0.4, 0.5) is 0 Å². The third kappa shape index (κ3) is 3.58. The van der Waals surface area contributed by atoms with Crippen LogP contribution in [0.15, 0.2) is 48.8 Å². The highest BCUT2D eigenvalue weighted by Crippen LogP contribution is 2.10. The molecule has 0 bridgehead atoms. The van der Waals surface area contributed by atoms with Crippen molar-refractivity contribution in [1.29, 1.82) is 0 Å². The topological polar surface area (TPSA) is 33.2 Å². The van der Waals surface area contributed by atoms with E-state index in [2.05, 4.69) is 4.98 Å². The largest absolute Gasteiger partial charge is 0.445 e. The highest BCUT2D eigenvalue weighted by atomic mass is 16.2. The lowest BCUT2D eigenvalue weighted by Crippen LogP contribution is -2.24. The van der Waals surface area contributed by atoms with Crippen molar-refractivity contribution in [3.63, 3.8) is 0 Å². The van der Waals surface area contributed by atoms with Gasteiger partial charge < -0.3 is 4.72 Å². The van der Waals surface area contributed by atoms with Crippen LogP contribution in [0.25, 0.3) is 12.2 Å². The Hall–Kier alpha value is -2.29. The standard InChI is InChI=1S/C14H10B2N2O/c15-18(16)14(19)13-5-3-11(4-6-13)1-2-12-7-9-17-10-8-12/h1-10H/b2-1+. The Kier molecular flexibility index (Phi) is 4.18. The first kappa shape index (κ1) is 13.1. The van der Waals surface area contributed by atoms with Crippen LogP contribution in [0.3, 0.4) is 0 Å². The second-order valence-corrected chi connectivity index (χ2v) is 3.95. The van der Waals surface area contributed by atoms with Gasteiger partial charge in [-0.15, -0.1) is 0 Å². The fourth-order valence-corrected chi connectivity index (χ4v) is 1.55. The molecule has 4 radical (unpaired) electrons. The summed E-state index contributed by atoms with van der Waals surface area (Å²) in [6.07, 6.45) is 7.39. The van der Waals surface area contributed by atoms with Crippen LogP contribution in [-0.2, 0) is 0 Å². The Balaban J connectivity index is 2.11. The molecule has 0 aliphatic heterocycles. The molecule has 3 nitrogen and oxygen atoms in total. The van der Waals surface area contributed by atoms with Crippen molar-refractivity contribution < 1.29 is 4.79 Å². The van der Waals surface area contributed by atoms with Crippen molar-refractivity contribution >= 4 is 34.0 Å². The molecule has 0 saturated heterocycles. The highest BCUT2D eigenvalue weighted by Gasteiger charge is 2.05. The number of carbonyl (C=O) groups excluding carboxylic acids is 1. The van der Waals surface area contributed by atoms with Crippen LogP contribution < -0.4 is 0 Å². The van der Waals surface area contributed by atoms with Gasteiger partial charge in [0.1, 0.15) is 0 Å². The van der Waals surface area contributed by atoms with Gasteiger partial charge in [0.25, 0.3) is 0 Å². The maximum absolute atomic E-state index is 11.5. The van der Waals surface area contributed by atoms with Crippen LogP contribution >= 0.6 is 0 Å². The van der Waals surface area contributed by atoms with Gasteiger partial charge in [0.05, 0.1) is 0 Å². The Morgan fingerprint density at radius 3 is 2.00 bits per heavy atom. The van der Waals surface area contributed by atoms with E-state index in [4.69, 9.17) is 16.0 Å². The molecule has 5 heteroatoms. The van der Waals surface area contributed by atoms with Crippen LogP contribution in [0.1, 0.15) is 21.5 Å². The third-order valence-electron chi connectivity index (χ3n) is 2.57. The molecule has 0 atom stereocenters. The fourth-order valence-electron chi connectivity index (χ4n) is 1.55. The minimum absolute atomic E-state index is 0.426. The predicted molar refractivity (Wildman–Crippen MR) is 77.3 cm³/mol. The van der Waals surface area contributed by atoms with Crippen molar-refractivity contribution in [2.75, 3.05) is 0 Å². The van der Waals surface area contributed by atoms with E-state index in [0.717, 1.165) is 11.1 Å². The Morgan fingerprint density at radius 1 is 0.947 bits per heavy atom. The zero-order valence-electron chi connectivity index (χ0n) is 10.2. The lowest BCUT2D eigenvalue weighted by atomic mass is 10.1. The lowest BCUT2D eigenvalue weighted by Gasteiger charge is -2.10. The molecule has 2 aromatic rings. The van der Waals surface area contributed by atoms with Crippen molar-refractivity contribution in [3.05, 3.63) is 65.5 Å². The monoisotopic (exact) mass is 244 g/mol. The van der Waals surface area contributed by atoms with Crippen molar-refractivity contribution in [3.8, 4) is 0 Å². The molecule has 0 N–H and O–H groups in total. The number of benzene rings is 1. The average Bonchev–Trinajstić information content (AvgIpc) is 2.46. The third-order valence-corrected chi connectivity index (χ3v) is 2.57. The van der Waals surface area contributed by atoms with Gasteiger partial charge in [-0.2, -0.15) is 0 Å². The van der Waals surface area contributed by atoms with Crippen molar-refractivity contribution in [1.82, 2.24) is 9.71 Å². The van der Waals surface area contributed by atoms with Gasteiger partial charge in [-0.1, -0.05) is 24.3 Å². The Labute approximate surface area is 114 Å². The average molecular weight is 244 g/mol. The zero-order chi connectivity index (χ0) is 13.7. The maximum Gasteiger partial charge on any atom is 0.228 e. The van der Waals surface area contributed by atoms with E-state index in [1.807, 2.05) is 36.4 Å². The maximum atomic E-state index is 11.5. The van der Waals surface area contributed by atoms with E-state index in [-0.39, 0.29) is 0 Å². The molecule has 0 unspecified atom stereocenters. The number of carbonyl (C=O) groups is 1. The summed E-state index contributed by atoms with van der Waals surface area (Å²) in [5.41, 5.74) is 2.49. The minimum Gasteiger partial charge on any atom is -0.445 e. The van der Waals surface area contributed by atoms with Gasteiger partial charge in [0.15, 0.2) is 0 Å². The summed E-state index contributed by atoms with van der Waals surface area (Å²) in [5, 5.41) is 0. The van der Waals surface area contributed by atoms with Gasteiger partial charge in [0, 0.05) is 18.0 Å². The second-order valence-electron chi connectivity index (χ2n) is 3.95. The fraction of sp³-hybridized carbons (Fsp3) is 0. The van der Waals surface area contributed by atoms with E-state index in [1.165, 1.54) is 0 Å². The number of rotatable bonds is 3. The molecule has 1 amide bonds. The molecule has 0 fully saturated rings. The summed E-state index contributed by atoms with van der Waals surface area (Å²) >= 11 is 0. The van der Waals surface area contributed by atoms with Crippen molar-refractivity contribution in [2.24, 2.45) is 0 Å². The number of aromatic nitrogens is 1. The lowest BCUT2D eigenvalue weighted by molar-refractivity contribution is 0.0923. The van der Waals surface area contributed by atoms with Gasteiger partial charge in [-0.3, -0.25) is 9.78 Å². The van der Waals surface area contributed by atoms with Crippen molar-refractivity contribution in [2.45, 2.75) is 0 Å². The molecule has 1 aromatic heterocycles. The molecule has 0 spiro atoms. The van der Waals surface area contributed by atoms with Crippen LogP contribution in [-0.4, -0.2) is 31.6 Å². The number of pyridine rings is 1. The number of nitrogens with zero attached hydrogens (tertiary/aromatic N) is 2. The van der Waals surface area contributed by atoms with E-state index in [0.29, 0.717) is 10.3 Å². The molecule has 0 saturated carbocycles. The number of hydrogen-bond acceptors (Lipinski definition) is 2. The SMILES string of the molecule is [B]N([B])C(=O)c1ccc(/C=C/c2ccncc2)cc1. The summed E-state index contributed by atoms with van der Waals surface area (Å²) in [7, 11) is 10.4.